The number of hydrogen-bond donors (Lipinski definition) is 1. The summed E-state index contributed by atoms with van der Waals surface area (Å²) >= 11 is 1.81. The van der Waals surface area contributed by atoms with Crippen molar-refractivity contribution in [1.82, 2.24) is 0 Å². The van der Waals surface area contributed by atoms with E-state index in [1.54, 1.807) is 0 Å². The fourth-order valence-corrected chi connectivity index (χ4v) is 2.66. The molecule has 1 atom stereocenters. The number of nitrogens with two attached hydrogens (primary N) is 1. The molecule has 84 valence electrons. The molecule has 0 bridgehead atoms. The van der Waals surface area contributed by atoms with Crippen LogP contribution in [0.1, 0.15) is 18.2 Å². The highest BCUT2D eigenvalue weighted by molar-refractivity contribution is 7.10. The molecule has 0 aliphatic heterocycles. The van der Waals surface area contributed by atoms with Crippen molar-refractivity contribution in [3.8, 4) is 11.1 Å². The van der Waals surface area contributed by atoms with E-state index in [2.05, 4.69) is 42.6 Å². The van der Waals surface area contributed by atoms with Crippen LogP contribution in [0.15, 0.2) is 41.8 Å². The van der Waals surface area contributed by atoms with E-state index in [-0.39, 0.29) is 0 Å². The van der Waals surface area contributed by atoms with Gasteiger partial charge >= 0.3 is 0 Å². The van der Waals surface area contributed by atoms with Gasteiger partial charge in [0.05, 0.1) is 0 Å². The van der Waals surface area contributed by atoms with Crippen LogP contribution in [0.4, 0.5) is 0 Å². The standard InChI is InChI=1S/C14H17NS/c1-2-13(15)9-14-8-12(10-16-14)11-6-4-3-5-7-11/h3-8,10,13H,2,9,15H2,1H3. The molecule has 2 N–H and O–H groups in total. The summed E-state index contributed by atoms with van der Waals surface area (Å²) in [5, 5.41) is 2.22. The molecule has 1 heterocycles. The van der Waals surface area contributed by atoms with Crippen LogP contribution in [-0.4, -0.2) is 6.04 Å². The zero-order valence-electron chi connectivity index (χ0n) is 9.52. The molecule has 1 aromatic carbocycles. The lowest BCUT2D eigenvalue weighted by Gasteiger charge is -2.05. The summed E-state index contributed by atoms with van der Waals surface area (Å²) < 4.78 is 0. The number of hydrogen-bond acceptors (Lipinski definition) is 2. The molecule has 1 unspecified atom stereocenters. The molecule has 0 spiro atoms. The van der Waals surface area contributed by atoms with Crippen molar-refractivity contribution >= 4 is 11.3 Å². The van der Waals surface area contributed by atoms with Crippen LogP contribution in [0.3, 0.4) is 0 Å². The first-order valence-electron chi connectivity index (χ1n) is 5.68. The molecular weight excluding hydrogens is 214 g/mol. The molecule has 1 aromatic heterocycles. The third-order valence-electron chi connectivity index (χ3n) is 2.75. The van der Waals surface area contributed by atoms with Gasteiger partial charge < -0.3 is 5.73 Å². The van der Waals surface area contributed by atoms with Crippen molar-refractivity contribution in [3.63, 3.8) is 0 Å². The summed E-state index contributed by atoms with van der Waals surface area (Å²) in [6.45, 7) is 2.14. The highest BCUT2D eigenvalue weighted by Gasteiger charge is 2.05. The van der Waals surface area contributed by atoms with Crippen molar-refractivity contribution in [2.45, 2.75) is 25.8 Å². The second-order valence-corrected chi connectivity index (χ2v) is 5.04. The van der Waals surface area contributed by atoms with E-state index in [1.807, 2.05) is 17.4 Å². The summed E-state index contributed by atoms with van der Waals surface area (Å²) in [6, 6.07) is 13.0. The highest BCUT2D eigenvalue weighted by atomic mass is 32.1. The monoisotopic (exact) mass is 231 g/mol. The van der Waals surface area contributed by atoms with Gasteiger partial charge in [0.2, 0.25) is 0 Å². The van der Waals surface area contributed by atoms with Crippen LogP contribution < -0.4 is 5.73 Å². The minimum Gasteiger partial charge on any atom is -0.327 e. The van der Waals surface area contributed by atoms with Crippen LogP contribution in [0.2, 0.25) is 0 Å². The fourth-order valence-electron chi connectivity index (χ4n) is 1.67. The van der Waals surface area contributed by atoms with E-state index >= 15 is 0 Å². The molecular formula is C14H17NS. The van der Waals surface area contributed by atoms with Crippen molar-refractivity contribution < 1.29 is 0 Å². The molecule has 0 saturated heterocycles. The third kappa shape index (κ3) is 2.71. The normalized spacial score (nSPS) is 12.6. The average Bonchev–Trinajstić information content (AvgIpc) is 2.78. The van der Waals surface area contributed by atoms with Crippen molar-refractivity contribution in [3.05, 3.63) is 46.7 Å². The molecule has 2 aromatic rings. The Hall–Kier alpha value is -1.12. The molecule has 0 fully saturated rings. The molecule has 2 heteroatoms. The second-order valence-electron chi connectivity index (χ2n) is 4.04. The predicted octanol–water partition coefficient (Wildman–Crippen LogP) is 3.69. The zero-order chi connectivity index (χ0) is 11.4. The van der Waals surface area contributed by atoms with Crippen LogP contribution >= 0.6 is 11.3 Å². The van der Waals surface area contributed by atoms with Crippen molar-refractivity contribution in [2.75, 3.05) is 0 Å². The van der Waals surface area contributed by atoms with Crippen molar-refractivity contribution in [2.24, 2.45) is 5.73 Å². The Morgan fingerprint density at radius 1 is 1.19 bits per heavy atom. The molecule has 1 nitrogen and oxygen atoms in total. The lowest BCUT2D eigenvalue weighted by atomic mass is 10.1. The van der Waals surface area contributed by atoms with E-state index in [0.29, 0.717) is 6.04 Å². The van der Waals surface area contributed by atoms with Crippen LogP contribution in [0.25, 0.3) is 11.1 Å². The Kier molecular flexibility index (Phi) is 3.75. The maximum atomic E-state index is 5.96. The van der Waals surface area contributed by atoms with Gasteiger partial charge in [-0.2, -0.15) is 0 Å². The Balaban J connectivity index is 2.14. The van der Waals surface area contributed by atoms with Crippen LogP contribution in [0.5, 0.6) is 0 Å². The highest BCUT2D eigenvalue weighted by Crippen LogP contribution is 2.26. The number of benzene rings is 1. The maximum Gasteiger partial charge on any atom is 0.00845 e. The molecule has 2 rings (SSSR count). The molecule has 0 saturated carbocycles. The third-order valence-corrected chi connectivity index (χ3v) is 3.71. The quantitative estimate of drug-likeness (QED) is 0.853. The minimum atomic E-state index is 0.294. The number of rotatable bonds is 4. The SMILES string of the molecule is CCC(N)Cc1cc(-c2ccccc2)cs1. The lowest BCUT2D eigenvalue weighted by Crippen LogP contribution is -2.20. The first kappa shape index (κ1) is 11.4. The Morgan fingerprint density at radius 2 is 1.94 bits per heavy atom. The molecule has 0 aliphatic carbocycles. The molecule has 16 heavy (non-hydrogen) atoms. The topological polar surface area (TPSA) is 26.0 Å². The molecule has 0 radical (unpaired) electrons. The molecule has 0 amide bonds. The maximum absolute atomic E-state index is 5.96. The Labute approximate surface area is 101 Å². The van der Waals surface area contributed by atoms with E-state index in [4.69, 9.17) is 5.73 Å². The van der Waals surface area contributed by atoms with Crippen LogP contribution in [0, 0.1) is 0 Å². The fraction of sp³-hybridized carbons (Fsp3) is 0.286. The second kappa shape index (κ2) is 5.28. The lowest BCUT2D eigenvalue weighted by molar-refractivity contribution is 0.652. The summed E-state index contributed by atoms with van der Waals surface area (Å²) in [6.07, 6.45) is 2.03. The van der Waals surface area contributed by atoms with Gasteiger partial charge in [-0.3, -0.25) is 0 Å². The van der Waals surface area contributed by atoms with Gasteiger partial charge in [0.15, 0.2) is 0 Å². The Morgan fingerprint density at radius 3 is 2.62 bits per heavy atom. The van der Waals surface area contributed by atoms with Crippen molar-refractivity contribution in [1.29, 1.82) is 0 Å². The summed E-state index contributed by atoms with van der Waals surface area (Å²) in [5.41, 5.74) is 8.56. The first-order chi connectivity index (χ1) is 7.79. The van der Waals surface area contributed by atoms with Gasteiger partial charge in [0.25, 0.3) is 0 Å². The first-order valence-corrected chi connectivity index (χ1v) is 6.56. The van der Waals surface area contributed by atoms with Crippen LogP contribution in [-0.2, 0) is 6.42 Å². The van der Waals surface area contributed by atoms with Gasteiger partial charge in [-0.25, -0.2) is 0 Å². The number of thiophene rings is 1. The Bertz CT molecular complexity index is 433. The smallest absolute Gasteiger partial charge is 0.00845 e. The molecule has 0 aliphatic rings. The zero-order valence-corrected chi connectivity index (χ0v) is 10.3. The van der Waals surface area contributed by atoms with Gasteiger partial charge in [-0.15, -0.1) is 11.3 Å². The van der Waals surface area contributed by atoms with Gasteiger partial charge in [0.1, 0.15) is 0 Å². The largest absolute Gasteiger partial charge is 0.327 e. The predicted molar refractivity (Wildman–Crippen MR) is 71.7 cm³/mol. The van der Waals surface area contributed by atoms with E-state index in [1.165, 1.54) is 16.0 Å². The van der Waals surface area contributed by atoms with Gasteiger partial charge in [-0.1, -0.05) is 37.3 Å². The van der Waals surface area contributed by atoms with Gasteiger partial charge in [0, 0.05) is 10.9 Å². The summed E-state index contributed by atoms with van der Waals surface area (Å²) in [5.74, 6) is 0. The van der Waals surface area contributed by atoms with E-state index < -0.39 is 0 Å². The summed E-state index contributed by atoms with van der Waals surface area (Å²) in [4.78, 5) is 1.38. The minimum absolute atomic E-state index is 0.294. The van der Waals surface area contributed by atoms with E-state index in [0.717, 1.165) is 12.8 Å². The summed E-state index contributed by atoms with van der Waals surface area (Å²) in [7, 11) is 0. The van der Waals surface area contributed by atoms with Gasteiger partial charge in [-0.05, 0) is 35.4 Å². The average molecular weight is 231 g/mol. The van der Waals surface area contributed by atoms with E-state index in [9.17, 15) is 0 Å².